The summed E-state index contributed by atoms with van der Waals surface area (Å²) in [5, 5.41) is 15.0. The summed E-state index contributed by atoms with van der Waals surface area (Å²) in [7, 11) is 0. The van der Waals surface area contributed by atoms with E-state index in [1.54, 1.807) is 18.2 Å². The number of anilines is 1. The molecule has 0 aliphatic carbocycles. The predicted molar refractivity (Wildman–Crippen MR) is 80.3 cm³/mol. The molecule has 1 atom stereocenters. The van der Waals surface area contributed by atoms with Crippen molar-refractivity contribution < 1.29 is 14.7 Å². The summed E-state index contributed by atoms with van der Waals surface area (Å²) in [6.07, 6.45) is 1.42. The van der Waals surface area contributed by atoms with Gasteiger partial charge in [0.05, 0.1) is 11.3 Å². The topological polar surface area (TPSA) is 78.4 Å². The van der Waals surface area contributed by atoms with Gasteiger partial charge in [0.15, 0.2) is 0 Å². The number of halogens is 1. The normalized spacial score (nSPS) is 18.3. The Kier molecular flexibility index (Phi) is 4.76. The van der Waals surface area contributed by atoms with E-state index < -0.39 is 5.97 Å². The maximum atomic E-state index is 11.9. The van der Waals surface area contributed by atoms with Crippen LogP contribution in [0.3, 0.4) is 0 Å². The highest BCUT2D eigenvalue weighted by Crippen LogP contribution is 2.20. The zero-order chi connectivity index (χ0) is 13.8. The van der Waals surface area contributed by atoms with E-state index in [1.165, 1.54) is 0 Å². The van der Waals surface area contributed by atoms with Gasteiger partial charge in [-0.05, 0) is 66.2 Å². The third-order valence-corrected chi connectivity index (χ3v) is 3.79. The molecular weight excluding hydrogens is 359 g/mol. The van der Waals surface area contributed by atoms with Gasteiger partial charge in [0, 0.05) is 9.99 Å². The van der Waals surface area contributed by atoms with Crippen molar-refractivity contribution in [2.75, 3.05) is 18.4 Å². The number of aromatic carboxylic acids is 1. The second-order valence-electron chi connectivity index (χ2n) is 4.61. The Morgan fingerprint density at radius 2 is 2.26 bits per heavy atom. The number of nitrogens with one attached hydrogen (secondary N) is 2. The molecule has 102 valence electrons. The lowest BCUT2D eigenvalue weighted by molar-refractivity contribution is -0.116. The van der Waals surface area contributed by atoms with Gasteiger partial charge in [0.2, 0.25) is 5.91 Å². The molecule has 5 nitrogen and oxygen atoms in total. The van der Waals surface area contributed by atoms with E-state index in [0.717, 1.165) is 23.1 Å². The third kappa shape index (κ3) is 3.90. The van der Waals surface area contributed by atoms with Crippen molar-refractivity contribution in [1.82, 2.24) is 5.32 Å². The Bertz CT molecular complexity index is 499. The minimum Gasteiger partial charge on any atom is -0.478 e. The number of hydrogen-bond acceptors (Lipinski definition) is 3. The molecule has 1 aliphatic heterocycles. The smallest absolute Gasteiger partial charge is 0.337 e. The zero-order valence-corrected chi connectivity index (χ0v) is 12.4. The molecule has 0 aromatic heterocycles. The van der Waals surface area contributed by atoms with Crippen molar-refractivity contribution in [2.45, 2.75) is 12.8 Å². The summed E-state index contributed by atoms with van der Waals surface area (Å²) >= 11 is 2.04. The van der Waals surface area contributed by atoms with Crippen LogP contribution >= 0.6 is 22.6 Å². The van der Waals surface area contributed by atoms with Gasteiger partial charge >= 0.3 is 5.97 Å². The number of carboxylic acids is 1. The number of carbonyl (C=O) groups excluding carboxylic acids is 1. The van der Waals surface area contributed by atoms with Crippen LogP contribution < -0.4 is 10.6 Å². The number of carbonyl (C=O) groups is 2. The summed E-state index contributed by atoms with van der Waals surface area (Å²) < 4.78 is 0.827. The van der Waals surface area contributed by atoms with Crippen LogP contribution in [0, 0.1) is 9.49 Å². The molecule has 0 saturated carbocycles. The molecule has 0 spiro atoms. The van der Waals surface area contributed by atoms with Crippen molar-refractivity contribution in [1.29, 1.82) is 0 Å². The van der Waals surface area contributed by atoms with Crippen LogP contribution in [-0.4, -0.2) is 30.1 Å². The lowest BCUT2D eigenvalue weighted by Crippen LogP contribution is -2.19. The molecule has 0 bridgehead atoms. The highest BCUT2D eigenvalue weighted by molar-refractivity contribution is 14.1. The standard InChI is InChI=1S/C13H15IN2O3/c14-9-1-2-11(10(6-9)13(18)19)16-12(17)5-8-3-4-15-7-8/h1-2,6,8,15H,3-5,7H2,(H,16,17)(H,18,19). The largest absolute Gasteiger partial charge is 0.478 e. The van der Waals surface area contributed by atoms with E-state index >= 15 is 0 Å². The molecule has 1 heterocycles. The van der Waals surface area contributed by atoms with Gasteiger partial charge in [-0.1, -0.05) is 0 Å². The second-order valence-corrected chi connectivity index (χ2v) is 5.85. The molecular formula is C13H15IN2O3. The molecule has 6 heteroatoms. The van der Waals surface area contributed by atoms with Crippen LogP contribution in [0.1, 0.15) is 23.2 Å². The summed E-state index contributed by atoms with van der Waals surface area (Å²) in [5.41, 5.74) is 0.494. The fourth-order valence-corrected chi connectivity index (χ4v) is 2.65. The third-order valence-electron chi connectivity index (χ3n) is 3.12. The fraction of sp³-hybridized carbons (Fsp3) is 0.385. The predicted octanol–water partition coefficient (Wildman–Crippen LogP) is 1.93. The molecule has 1 unspecified atom stereocenters. The Balaban J connectivity index is 2.05. The first kappa shape index (κ1) is 14.3. The lowest BCUT2D eigenvalue weighted by atomic mass is 10.0. The summed E-state index contributed by atoms with van der Waals surface area (Å²) in [6, 6.07) is 4.96. The first-order valence-electron chi connectivity index (χ1n) is 6.09. The molecule has 1 aliphatic rings. The van der Waals surface area contributed by atoms with Crippen molar-refractivity contribution in [3.8, 4) is 0 Å². The monoisotopic (exact) mass is 374 g/mol. The maximum absolute atomic E-state index is 11.9. The summed E-state index contributed by atoms with van der Waals surface area (Å²) in [6.45, 7) is 1.80. The van der Waals surface area contributed by atoms with Crippen LogP contribution in [0.5, 0.6) is 0 Å². The molecule has 1 aromatic carbocycles. The van der Waals surface area contributed by atoms with Gasteiger partial charge < -0.3 is 15.7 Å². The van der Waals surface area contributed by atoms with Crippen molar-refractivity contribution >= 4 is 40.2 Å². The van der Waals surface area contributed by atoms with Crippen LogP contribution in [0.25, 0.3) is 0 Å². The van der Waals surface area contributed by atoms with E-state index in [-0.39, 0.29) is 11.5 Å². The van der Waals surface area contributed by atoms with Gasteiger partial charge in [-0.3, -0.25) is 4.79 Å². The molecule has 3 N–H and O–H groups in total. The Labute approximate surface area is 124 Å². The van der Waals surface area contributed by atoms with Gasteiger partial charge in [0.25, 0.3) is 0 Å². The second kappa shape index (κ2) is 6.33. The summed E-state index contributed by atoms with van der Waals surface area (Å²) in [4.78, 5) is 23.0. The van der Waals surface area contributed by atoms with Gasteiger partial charge in [-0.15, -0.1) is 0 Å². The lowest BCUT2D eigenvalue weighted by Gasteiger charge is -2.11. The number of hydrogen-bond donors (Lipinski definition) is 3. The van der Waals surface area contributed by atoms with Crippen LogP contribution in [-0.2, 0) is 4.79 Å². The van der Waals surface area contributed by atoms with Gasteiger partial charge in [0.1, 0.15) is 0 Å². The molecule has 1 aromatic rings. The average Bonchev–Trinajstić information content (AvgIpc) is 2.83. The van der Waals surface area contributed by atoms with Crippen LogP contribution in [0.15, 0.2) is 18.2 Å². The van der Waals surface area contributed by atoms with Crippen LogP contribution in [0.4, 0.5) is 5.69 Å². The van der Waals surface area contributed by atoms with Crippen LogP contribution in [0.2, 0.25) is 0 Å². The summed E-state index contributed by atoms with van der Waals surface area (Å²) in [5.74, 6) is -0.814. The molecule has 0 radical (unpaired) electrons. The minimum atomic E-state index is -1.03. The zero-order valence-electron chi connectivity index (χ0n) is 10.3. The van der Waals surface area contributed by atoms with E-state index in [9.17, 15) is 9.59 Å². The number of benzene rings is 1. The highest BCUT2D eigenvalue weighted by atomic mass is 127. The van der Waals surface area contributed by atoms with Crippen molar-refractivity contribution in [2.24, 2.45) is 5.92 Å². The minimum absolute atomic E-state index is 0.127. The Morgan fingerprint density at radius 1 is 1.47 bits per heavy atom. The molecule has 1 saturated heterocycles. The number of carboxylic acid groups (broad SMARTS) is 1. The maximum Gasteiger partial charge on any atom is 0.337 e. The highest BCUT2D eigenvalue weighted by Gasteiger charge is 2.19. The van der Waals surface area contributed by atoms with Crippen molar-refractivity contribution in [3.05, 3.63) is 27.3 Å². The van der Waals surface area contributed by atoms with E-state index in [2.05, 4.69) is 10.6 Å². The molecule has 1 amide bonds. The molecule has 19 heavy (non-hydrogen) atoms. The first-order valence-corrected chi connectivity index (χ1v) is 7.17. The fourth-order valence-electron chi connectivity index (χ4n) is 2.15. The van der Waals surface area contributed by atoms with Gasteiger partial charge in [-0.2, -0.15) is 0 Å². The van der Waals surface area contributed by atoms with E-state index in [1.807, 2.05) is 22.6 Å². The van der Waals surface area contributed by atoms with Gasteiger partial charge in [-0.25, -0.2) is 4.79 Å². The van der Waals surface area contributed by atoms with Crippen molar-refractivity contribution in [3.63, 3.8) is 0 Å². The van der Waals surface area contributed by atoms with E-state index in [4.69, 9.17) is 5.11 Å². The number of rotatable bonds is 4. The number of amides is 1. The Hall–Kier alpha value is -1.15. The molecule has 1 fully saturated rings. The average molecular weight is 374 g/mol. The van der Waals surface area contributed by atoms with E-state index in [0.29, 0.717) is 18.0 Å². The Morgan fingerprint density at radius 3 is 2.89 bits per heavy atom. The first-order chi connectivity index (χ1) is 9.06. The molecule has 2 rings (SSSR count). The SMILES string of the molecule is O=C(CC1CCNC1)Nc1ccc(I)cc1C(=O)O. The quantitative estimate of drug-likeness (QED) is 0.704.